The van der Waals surface area contributed by atoms with Crippen LogP contribution in [0.25, 0.3) is 11.0 Å². The van der Waals surface area contributed by atoms with Gasteiger partial charge in [-0.3, -0.25) is 9.59 Å². The summed E-state index contributed by atoms with van der Waals surface area (Å²) in [6.07, 6.45) is 5.57. The van der Waals surface area contributed by atoms with Crippen molar-refractivity contribution in [3.63, 3.8) is 0 Å². The lowest BCUT2D eigenvalue weighted by molar-refractivity contribution is -0.143. The van der Waals surface area contributed by atoms with Crippen molar-refractivity contribution in [1.29, 1.82) is 0 Å². The van der Waals surface area contributed by atoms with Crippen molar-refractivity contribution in [3.05, 3.63) is 39.2 Å². The third kappa shape index (κ3) is 6.23. The van der Waals surface area contributed by atoms with E-state index in [1.165, 1.54) is 6.07 Å². The van der Waals surface area contributed by atoms with Crippen LogP contribution in [0.1, 0.15) is 51.0 Å². The highest BCUT2D eigenvalue weighted by molar-refractivity contribution is 6.32. The first-order valence-electron chi connectivity index (χ1n) is 10.8. The summed E-state index contributed by atoms with van der Waals surface area (Å²) in [5, 5.41) is 13.0. The molecule has 1 aromatic carbocycles. The highest BCUT2D eigenvalue weighted by atomic mass is 35.5. The van der Waals surface area contributed by atoms with Gasteiger partial charge in [0.05, 0.1) is 10.9 Å². The molecule has 8 heteroatoms. The van der Waals surface area contributed by atoms with E-state index < -0.39 is 11.6 Å². The lowest BCUT2D eigenvalue weighted by Gasteiger charge is -2.26. The minimum Gasteiger partial charge on any atom is -0.482 e. The van der Waals surface area contributed by atoms with Crippen LogP contribution in [0.15, 0.2) is 27.4 Å². The van der Waals surface area contributed by atoms with E-state index in [1.807, 2.05) is 0 Å². The second-order valence-electron chi connectivity index (χ2n) is 8.12. The summed E-state index contributed by atoms with van der Waals surface area (Å²) in [4.78, 5) is 35.1. The van der Waals surface area contributed by atoms with Crippen LogP contribution in [0, 0.1) is 11.8 Å². The molecule has 0 unspecified atom stereocenters. The Labute approximate surface area is 185 Å². The lowest BCUT2D eigenvalue weighted by Crippen LogP contribution is -2.35. The molecule has 1 aromatic heterocycles. The molecule has 3 rings (SSSR count). The predicted molar refractivity (Wildman–Crippen MR) is 118 cm³/mol. The van der Waals surface area contributed by atoms with Crippen molar-refractivity contribution in [2.75, 3.05) is 13.2 Å². The van der Waals surface area contributed by atoms with Crippen molar-refractivity contribution in [3.8, 4) is 5.75 Å². The van der Waals surface area contributed by atoms with Crippen LogP contribution in [0.5, 0.6) is 5.75 Å². The highest BCUT2D eigenvalue weighted by Gasteiger charge is 2.26. The van der Waals surface area contributed by atoms with Crippen molar-refractivity contribution >= 4 is 34.4 Å². The Morgan fingerprint density at radius 3 is 2.65 bits per heavy atom. The quantitative estimate of drug-likeness (QED) is 0.556. The van der Waals surface area contributed by atoms with Gasteiger partial charge in [-0.15, -0.1) is 0 Å². The fraction of sp³-hybridized carbons (Fsp3) is 0.522. The van der Waals surface area contributed by atoms with Crippen LogP contribution in [-0.4, -0.2) is 30.1 Å². The Hall–Kier alpha value is -2.54. The minimum atomic E-state index is -0.739. The zero-order valence-electron chi connectivity index (χ0n) is 17.6. The van der Waals surface area contributed by atoms with E-state index in [0.717, 1.165) is 43.1 Å². The van der Waals surface area contributed by atoms with Gasteiger partial charge in [-0.1, -0.05) is 24.9 Å². The van der Waals surface area contributed by atoms with E-state index in [4.69, 9.17) is 25.9 Å². The van der Waals surface area contributed by atoms with E-state index >= 15 is 0 Å². The predicted octanol–water partition coefficient (Wildman–Crippen LogP) is 4.18. The van der Waals surface area contributed by atoms with Crippen LogP contribution >= 0.6 is 11.6 Å². The van der Waals surface area contributed by atoms with Gasteiger partial charge in [0.2, 0.25) is 0 Å². The van der Waals surface area contributed by atoms with Crippen LogP contribution in [0.2, 0.25) is 5.02 Å². The molecule has 1 saturated carbocycles. The first-order chi connectivity index (χ1) is 14.9. The van der Waals surface area contributed by atoms with E-state index in [-0.39, 0.29) is 30.1 Å². The number of benzene rings is 1. The normalized spacial score (nSPS) is 18.6. The Bertz CT molecular complexity index is 993. The Balaban J connectivity index is 1.57. The number of fused-ring (bicyclic) bond motifs is 1. The molecule has 1 aliphatic carbocycles. The summed E-state index contributed by atoms with van der Waals surface area (Å²) in [5.74, 6) is -0.735. The molecule has 2 N–H and O–H groups in total. The number of carbonyl (C=O) groups excluding carboxylic acids is 1. The van der Waals surface area contributed by atoms with Gasteiger partial charge in [0.15, 0.2) is 6.61 Å². The number of aliphatic carboxylic acids is 1. The van der Waals surface area contributed by atoms with E-state index in [9.17, 15) is 14.4 Å². The first kappa shape index (κ1) is 23.1. The van der Waals surface area contributed by atoms with Crippen LogP contribution < -0.4 is 15.7 Å². The summed E-state index contributed by atoms with van der Waals surface area (Å²) in [6, 6.07) is 4.75. The third-order valence-corrected chi connectivity index (χ3v) is 6.12. The minimum absolute atomic E-state index is 0.213. The monoisotopic (exact) mass is 449 g/mol. The van der Waals surface area contributed by atoms with Gasteiger partial charge in [-0.05, 0) is 56.1 Å². The largest absolute Gasteiger partial charge is 0.482 e. The maximum Gasteiger partial charge on any atom is 0.336 e. The topological polar surface area (TPSA) is 106 Å². The van der Waals surface area contributed by atoms with Gasteiger partial charge in [0, 0.05) is 24.1 Å². The van der Waals surface area contributed by atoms with Crippen molar-refractivity contribution in [2.45, 2.75) is 51.9 Å². The van der Waals surface area contributed by atoms with Crippen LogP contribution in [0.3, 0.4) is 0 Å². The molecule has 168 valence electrons. The number of ether oxygens (including phenoxy) is 1. The fourth-order valence-corrected chi connectivity index (χ4v) is 4.20. The van der Waals surface area contributed by atoms with Crippen molar-refractivity contribution < 1.29 is 23.8 Å². The van der Waals surface area contributed by atoms with Gasteiger partial charge in [0.1, 0.15) is 11.3 Å². The summed E-state index contributed by atoms with van der Waals surface area (Å²) in [6.45, 7) is 2.36. The maximum absolute atomic E-state index is 12.2. The summed E-state index contributed by atoms with van der Waals surface area (Å²) >= 11 is 6.35. The average molecular weight is 450 g/mol. The summed E-state index contributed by atoms with van der Waals surface area (Å²) in [7, 11) is 0. The third-order valence-electron chi connectivity index (χ3n) is 5.83. The number of unbranched alkanes of at least 4 members (excludes halogenated alkanes) is 1. The first-order valence-corrected chi connectivity index (χ1v) is 11.1. The van der Waals surface area contributed by atoms with E-state index in [1.54, 1.807) is 12.1 Å². The van der Waals surface area contributed by atoms with E-state index in [2.05, 4.69) is 12.2 Å². The van der Waals surface area contributed by atoms with Gasteiger partial charge < -0.3 is 19.6 Å². The molecule has 31 heavy (non-hydrogen) atoms. The standard InChI is InChI=1S/C23H28ClNO6/c1-2-3-4-16-9-22(27)31-19-11-20(18(24)10-17(16)19)30-13-21(26)25-12-14-5-7-15(8-6-14)23(28)29/h9-11,14-15H,2-8,12-13H2,1H3,(H,25,26)(H,28,29). The number of rotatable bonds is 9. The number of amides is 1. The number of carboxylic acids is 1. The number of hydrogen-bond donors (Lipinski definition) is 2. The zero-order chi connectivity index (χ0) is 22.4. The second kappa shape index (κ2) is 10.7. The number of carboxylic acid groups (broad SMARTS) is 1. The molecule has 0 spiro atoms. The summed E-state index contributed by atoms with van der Waals surface area (Å²) < 4.78 is 10.9. The van der Waals surface area contributed by atoms with Crippen LogP contribution in [-0.2, 0) is 16.0 Å². The number of hydrogen-bond acceptors (Lipinski definition) is 5. The fourth-order valence-electron chi connectivity index (χ4n) is 3.98. The second-order valence-corrected chi connectivity index (χ2v) is 8.53. The zero-order valence-corrected chi connectivity index (χ0v) is 18.4. The van der Waals surface area contributed by atoms with E-state index in [0.29, 0.717) is 30.0 Å². The van der Waals surface area contributed by atoms with Gasteiger partial charge in [-0.25, -0.2) is 4.79 Å². The smallest absolute Gasteiger partial charge is 0.336 e. The Morgan fingerprint density at radius 2 is 1.97 bits per heavy atom. The molecule has 1 heterocycles. The van der Waals surface area contributed by atoms with Gasteiger partial charge >= 0.3 is 11.6 Å². The highest BCUT2D eigenvalue weighted by Crippen LogP contribution is 2.32. The molecular formula is C23H28ClNO6. The number of halogens is 1. The molecule has 2 aromatic rings. The average Bonchev–Trinajstić information content (AvgIpc) is 2.75. The molecular weight excluding hydrogens is 422 g/mol. The van der Waals surface area contributed by atoms with Crippen molar-refractivity contribution in [1.82, 2.24) is 5.32 Å². The van der Waals surface area contributed by atoms with Crippen molar-refractivity contribution in [2.24, 2.45) is 11.8 Å². The Morgan fingerprint density at radius 1 is 1.23 bits per heavy atom. The SMILES string of the molecule is CCCCc1cc(=O)oc2cc(OCC(=O)NCC3CCC(C(=O)O)CC3)c(Cl)cc12. The molecule has 0 atom stereocenters. The lowest BCUT2D eigenvalue weighted by atomic mass is 9.82. The Kier molecular flexibility index (Phi) is 7.96. The van der Waals surface area contributed by atoms with Gasteiger partial charge in [0.25, 0.3) is 5.91 Å². The molecule has 0 saturated heterocycles. The van der Waals surface area contributed by atoms with Crippen LogP contribution in [0.4, 0.5) is 0 Å². The van der Waals surface area contributed by atoms with Gasteiger partial charge in [-0.2, -0.15) is 0 Å². The molecule has 1 fully saturated rings. The molecule has 0 aliphatic heterocycles. The summed E-state index contributed by atoms with van der Waals surface area (Å²) in [5.41, 5.74) is 0.841. The molecule has 1 amide bonds. The number of carbonyl (C=O) groups is 2. The number of aryl methyl sites for hydroxylation is 1. The molecule has 0 radical (unpaired) electrons. The maximum atomic E-state index is 12.2. The number of nitrogens with one attached hydrogen (secondary N) is 1. The molecule has 1 aliphatic rings. The molecule has 0 bridgehead atoms. The molecule has 7 nitrogen and oxygen atoms in total.